The molecule has 0 spiro atoms. The Kier molecular flexibility index (Phi) is 4.28. The number of nitrogens with zero attached hydrogens (tertiary/aromatic N) is 4. The molecule has 2 rings (SSSR count). The molecular weight excluding hydrogens is 280 g/mol. The highest BCUT2D eigenvalue weighted by Crippen LogP contribution is 2.34. The van der Waals surface area contributed by atoms with E-state index >= 15 is 0 Å². The summed E-state index contributed by atoms with van der Waals surface area (Å²) in [5.41, 5.74) is 2.18. The second-order valence-electron chi connectivity index (χ2n) is 4.79. The molecule has 6 heteroatoms. The third kappa shape index (κ3) is 2.56. The number of Topliss-reactive ketones (excluding diaryl/α,β-unsaturated/α-hetero) is 1. The van der Waals surface area contributed by atoms with Crippen LogP contribution in [0.2, 0.25) is 0 Å². The molecule has 0 unspecified atom stereocenters. The fourth-order valence-corrected chi connectivity index (χ4v) is 2.32. The van der Waals surface area contributed by atoms with Crippen LogP contribution in [0.4, 0.5) is 5.82 Å². The van der Waals surface area contributed by atoms with E-state index in [1.165, 1.54) is 14.0 Å². The molecule has 0 atom stereocenters. The van der Waals surface area contributed by atoms with Gasteiger partial charge in [-0.2, -0.15) is 5.26 Å². The molecule has 2 aromatic rings. The molecule has 1 heterocycles. The number of carbonyl (C=O) groups is 1. The molecule has 0 N–H and O–H groups in total. The summed E-state index contributed by atoms with van der Waals surface area (Å²) in [5, 5.41) is 13.3. The van der Waals surface area contributed by atoms with Crippen molar-refractivity contribution in [1.29, 1.82) is 5.26 Å². The van der Waals surface area contributed by atoms with Gasteiger partial charge in [0.15, 0.2) is 11.6 Å². The van der Waals surface area contributed by atoms with Crippen LogP contribution < -0.4 is 5.01 Å². The van der Waals surface area contributed by atoms with E-state index in [2.05, 4.69) is 16.3 Å². The van der Waals surface area contributed by atoms with Crippen LogP contribution in [0.25, 0.3) is 11.1 Å². The zero-order valence-corrected chi connectivity index (χ0v) is 12.5. The first-order valence-electron chi connectivity index (χ1n) is 6.59. The van der Waals surface area contributed by atoms with Crippen LogP contribution in [0.5, 0.6) is 0 Å². The average molecular weight is 294 g/mol. The number of pyridine rings is 1. The van der Waals surface area contributed by atoms with Crippen molar-refractivity contribution in [1.82, 2.24) is 4.98 Å². The van der Waals surface area contributed by atoms with Crippen LogP contribution in [-0.4, -0.2) is 17.8 Å². The van der Waals surface area contributed by atoms with Gasteiger partial charge in [0.25, 0.3) is 0 Å². The maximum atomic E-state index is 12.1. The first kappa shape index (κ1) is 15.3. The lowest BCUT2D eigenvalue weighted by atomic mass is 9.92. The van der Waals surface area contributed by atoms with Crippen LogP contribution in [0.1, 0.15) is 28.5 Å². The fraction of sp³-hybridized carbons (Fsp3) is 0.188. The third-order valence-corrected chi connectivity index (χ3v) is 3.31. The Morgan fingerprint density at radius 1 is 1.32 bits per heavy atom. The molecule has 22 heavy (non-hydrogen) atoms. The molecule has 0 radical (unpaired) electrons. The number of anilines is 1. The minimum absolute atomic E-state index is 0.151. The predicted molar refractivity (Wildman–Crippen MR) is 83.3 cm³/mol. The second kappa shape index (κ2) is 6.14. The summed E-state index contributed by atoms with van der Waals surface area (Å²) in [6.07, 6.45) is 0. The number of nitroso groups, excluding NO2 is 1. The smallest absolute Gasteiger partial charge is 0.164 e. The SMILES string of the molecule is CC(=O)c1c(N(C)N=O)nc(C)c(C#N)c1-c1ccccc1. The van der Waals surface area contributed by atoms with Gasteiger partial charge in [-0.25, -0.2) is 9.99 Å². The maximum absolute atomic E-state index is 12.1. The van der Waals surface area contributed by atoms with Crippen molar-refractivity contribution in [3.63, 3.8) is 0 Å². The van der Waals surface area contributed by atoms with Gasteiger partial charge in [0.1, 0.15) is 6.07 Å². The Morgan fingerprint density at radius 3 is 2.45 bits per heavy atom. The number of carbonyl (C=O) groups excluding carboxylic acids is 1. The summed E-state index contributed by atoms with van der Waals surface area (Å²) in [7, 11) is 1.42. The molecule has 0 bridgehead atoms. The molecule has 0 fully saturated rings. The number of aromatic nitrogens is 1. The summed E-state index contributed by atoms with van der Waals surface area (Å²) in [5.74, 6) is -0.133. The van der Waals surface area contributed by atoms with Crippen LogP contribution in [0.15, 0.2) is 35.6 Å². The predicted octanol–water partition coefficient (Wildman–Crippen LogP) is 3.25. The Morgan fingerprint density at radius 2 is 1.95 bits per heavy atom. The van der Waals surface area contributed by atoms with Gasteiger partial charge in [0.2, 0.25) is 0 Å². The van der Waals surface area contributed by atoms with Crippen molar-refractivity contribution in [2.75, 3.05) is 12.1 Å². The standard InChI is InChI=1S/C16H14N4O2/c1-10-13(9-17)15(12-7-5-4-6-8-12)14(11(2)21)16(18-10)20(3)19-22/h4-8H,1-3H3. The lowest BCUT2D eigenvalue weighted by Gasteiger charge is -2.18. The van der Waals surface area contributed by atoms with E-state index in [4.69, 9.17) is 0 Å². The van der Waals surface area contributed by atoms with Gasteiger partial charge in [-0.05, 0) is 19.4 Å². The normalized spacial score (nSPS) is 9.91. The van der Waals surface area contributed by atoms with E-state index in [1.807, 2.05) is 18.2 Å². The first-order chi connectivity index (χ1) is 10.5. The largest absolute Gasteiger partial charge is 0.294 e. The lowest BCUT2D eigenvalue weighted by molar-refractivity contribution is 0.101. The molecular formula is C16H14N4O2. The van der Waals surface area contributed by atoms with Crippen molar-refractivity contribution in [2.45, 2.75) is 13.8 Å². The Hall–Kier alpha value is -3.07. The van der Waals surface area contributed by atoms with Crippen molar-refractivity contribution in [3.8, 4) is 17.2 Å². The minimum atomic E-state index is -0.284. The quantitative estimate of drug-likeness (QED) is 0.491. The van der Waals surface area contributed by atoms with Crippen molar-refractivity contribution >= 4 is 11.6 Å². The molecule has 110 valence electrons. The molecule has 0 aliphatic carbocycles. The number of hydrogen-bond acceptors (Lipinski definition) is 5. The number of aryl methyl sites for hydroxylation is 1. The minimum Gasteiger partial charge on any atom is -0.294 e. The zero-order valence-electron chi connectivity index (χ0n) is 12.5. The number of benzene rings is 1. The van der Waals surface area contributed by atoms with E-state index in [-0.39, 0.29) is 17.2 Å². The van der Waals surface area contributed by atoms with E-state index in [0.29, 0.717) is 16.8 Å². The summed E-state index contributed by atoms with van der Waals surface area (Å²) in [4.78, 5) is 27.2. The van der Waals surface area contributed by atoms with Gasteiger partial charge < -0.3 is 0 Å². The third-order valence-electron chi connectivity index (χ3n) is 3.31. The maximum Gasteiger partial charge on any atom is 0.164 e. The highest BCUT2D eigenvalue weighted by atomic mass is 16.3. The molecule has 1 aromatic heterocycles. The van der Waals surface area contributed by atoms with Gasteiger partial charge >= 0.3 is 0 Å². The van der Waals surface area contributed by atoms with Crippen molar-refractivity contribution in [2.24, 2.45) is 5.29 Å². The highest BCUT2D eigenvalue weighted by molar-refractivity contribution is 6.06. The Labute approximate surface area is 128 Å². The van der Waals surface area contributed by atoms with Crippen LogP contribution in [-0.2, 0) is 0 Å². The molecule has 0 aliphatic rings. The molecule has 1 aromatic carbocycles. The summed E-state index contributed by atoms with van der Waals surface area (Å²) in [6.45, 7) is 3.04. The lowest BCUT2D eigenvalue weighted by Crippen LogP contribution is -2.16. The number of nitriles is 1. The fourth-order valence-electron chi connectivity index (χ4n) is 2.32. The molecule has 0 aliphatic heterocycles. The number of hydrogen-bond donors (Lipinski definition) is 0. The van der Waals surface area contributed by atoms with E-state index in [1.54, 1.807) is 19.1 Å². The summed E-state index contributed by atoms with van der Waals surface area (Å²) >= 11 is 0. The van der Waals surface area contributed by atoms with Crippen molar-refractivity contribution < 1.29 is 4.79 Å². The molecule has 0 saturated heterocycles. The topological polar surface area (TPSA) is 86.4 Å². The van der Waals surface area contributed by atoms with Gasteiger partial charge in [-0.3, -0.25) is 4.79 Å². The van der Waals surface area contributed by atoms with Crippen LogP contribution in [0, 0.1) is 23.2 Å². The van der Waals surface area contributed by atoms with E-state index in [9.17, 15) is 15.0 Å². The Bertz CT molecular complexity index is 779. The van der Waals surface area contributed by atoms with E-state index in [0.717, 1.165) is 10.6 Å². The van der Waals surface area contributed by atoms with Gasteiger partial charge in [0.05, 0.1) is 22.1 Å². The second-order valence-corrected chi connectivity index (χ2v) is 4.79. The summed E-state index contributed by atoms with van der Waals surface area (Å²) in [6, 6.07) is 11.2. The van der Waals surface area contributed by atoms with Gasteiger partial charge in [-0.1, -0.05) is 30.3 Å². The number of ketones is 1. The monoisotopic (exact) mass is 294 g/mol. The number of rotatable bonds is 4. The van der Waals surface area contributed by atoms with Gasteiger partial charge in [-0.15, -0.1) is 4.91 Å². The average Bonchev–Trinajstić information content (AvgIpc) is 2.53. The molecule has 0 amide bonds. The van der Waals surface area contributed by atoms with Crippen LogP contribution >= 0.6 is 0 Å². The molecule has 0 saturated carbocycles. The highest BCUT2D eigenvalue weighted by Gasteiger charge is 2.24. The molecule has 6 nitrogen and oxygen atoms in total. The summed E-state index contributed by atoms with van der Waals surface area (Å²) < 4.78 is 0. The van der Waals surface area contributed by atoms with E-state index < -0.39 is 0 Å². The Balaban J connectivity index is 2.95. The van der Waals surface area contributed by atoms with Gasteiger partial charge in [0, 0.05) is 12.6 Å². The first-order valence-corrected chi connectivity index (χ1v) is 6.59. The van der Waals surface area contributed by atoms with Crippen LogP contribution in [0.3, 0.4) is 0 Å². The zero-order chi connectivity index (χ0) is 16.3. The van der Waals surface area contributed by atoms with Crippen molar-refractivity contribution in [3.05, 3.63) is 52.1 Å².